The number of hydrogen-bond donors (Lipinski definition) is 2. The van der Waals surface area contributed by atoms with E-state index in [1.54, 1.807) is 47.6 Å². The topological polar surface area (TPSA) is 111 Å². The molecule has 1 aromatic carbocycles. The number of piperazine rings is 1. The van der Waals surface area contributed by atoms with E-state index in [1.807, 2.05) is 4.90 Å². The molecular formula is C19H21N7O3. The van der Waals surface area contributed by atoms with E-state index in [1.165, 1.54) is 4.90 Å². The molecule has 3 heterocycles. The van der Waals surface area contributed by atoms with Gasteiger partial charge < -0.3 is 20.4 Å². The Morgan fingerprint density at radius 1 is 1.03 bits per heavy atom. The van der Waals surface area contributed by atoms with Crippen molar-refractivity contribution in [1.82, 2.24) is 25.1 Å². The molecule has 2 fully saturated rings. The molecule has 4 rings (SSSR count). The molecule has 0 aliphatic carbocycles. The van der Waals surface area contributed by atoms with Crippen molar-refractivity contribution >= 4 is 29.6 Å². The molecule has 0 radical (unpaired) electrons. The summed E-state index contributed by atoms with van der Waals surface area (Å²) in [6.07, 6.45) is 3.41. The number of carbonyl (C=O) groups excluding carboxylic acids is 3. The number of anilines is 2. The highest BCUT2D eigenvalue weighted by Gasteiger charge is 2.28. The largest absolute Gasteiger partial charge is 0.337 e. The molecule has 10 nitrogen and oxygen atoms in total. The van der Waals surface area contributed by atoms with Crippen LogP contribution in [0.4, 0.5) is 21.2 Å². The maximum absolute atomic E-state index is 12.5. The molecule has 0 bridgehead atoms. The van der Waals surface area contributed by atoms with Crippen LogP contribution in [-0.4, -0.2) is 70.5 Å². The van der Waals surface area contributed by atoms with Gasteiger partial charge in [-0.1, -0.05) is 12.1 Å². The second-order valence-electron chi connectivity index (χ2n) is 6.79. The lowest BCUT2D eigenvalue weighted by Gasteiger charge is -2.34. The Balaban J connectivity index is 1.29. The standard InChI is InChI=1S/C19H21N7O3/c27-16-12-22-18(28)26(16)13-14-2-4-15(5-3-14)23-19(29)25-10-8-24(9-11-25)17-20-6-1-7-21-17/h1-7H,8-13H2,(H,22,28)(H,23,29). The van der Waals surface area contributed by atoms with Crippen molar-refractivity contribution in [1.29, 1.82) is 0 Å². The quantitative estimate of drug-likeness (QED) is 0.744. The van der Waals surface area contributed by atoms with Gasteiger partial charge in [0.25, 0.3) is 0 Å². The van der Waals surface area contributed by atoms with Crippen LogP contribution in [0.15, 0.2) is 42.7 Å². The summed E-state index contributed by atoms with van der Waals surface area (Å²) in [6.45, 7) is 2.74. The van der Waals surface area contributed by atoms with Gasteiger partial charge in [0.1, 0.15) is 0 Å². The van der Waals surface area contributed by atoms with Crippen LogP contribution in [0, 0.1) is 0 Å². The van der Waals surface area contributed by atoms with Gasteiger partial charge in [-0.25, -0.2) is 19.6 Å². The summed E-state index contributed by atoms with van der Waals surface area (Å²) in [6, 6.07) is 8.33. The molecule has 2 aliphatic heterocycles. The normalized spacial score (nSPS) is 16.8. The van der Waals surface area contributed by atoms with E-state index < -0.39 is 0 Å². The van der Waals surface area contributed by atoms with Crippen LogP contribution >= 0.6 is 0 Å². The minimum absolute atomic E-state index is 0.0383. The molecule has 150 valence electrons. The van der Waals surface area contributed by atoms with E-state index in [2.05, 4.69) is 20.6 Å². The fraction of sp³-hybridized carbons (Fsp3) is 0.316. The Kier molecular flexibility index (Phi) is 5.23. The van der Waals surface area contributed by atoms with Gasteiger partial charge >= 0.3 is 12.1 Å². The fourth-order valence-corrected chi connectivity index (χ4v) is 3.26. The van der Waals surface area contributed by atoms with Gasteiger partial charge in [-0.2, -0.15) is 0 Å². The van der Waals surface area contributed by atoms with Crippen molar-refractivity contribution in [3.63, 3.8) is 0 Å². The molecule has 0 atom stereocenters. The van der Waals surface area contributed by atoms with Crippen LogP contribution in [0.3, 0.4) is 0 Å². The predicted octanol–water partition coefficient (Wildman–Crippen LogP) is 0.882. The van der Waals surface area contributed by atoms with Crippen LogP contribution in [0.5, 0.6) is 0 Å². The number of imide groups is 1. The summed E-state index contributed by atoms with van der Waals surface area (Å²) in [5.41, 5.74) is 1.47. The van der Waals surface area contributed by atoms with E-state index >= 15 is 0 Å². The predicted molar refractivity (Wildman–Crippen MR) is 105 cm³/mol. The van der Waals surface area contributed by atoms with E-state index in [9.17, 15) is 14.4 Å². The second-order valence-corrected chi connectivity index (χ2v) is 6.79. The molecule has 0 unspecified atom stereocenters. The Labute approximate surface area is 167 Å². The first-order valence-corrected chi connectivity index (χ1v) is 9.35. The van der Waals surface area contributed by atoms with Crippen LogP contribution in [0.25, 0.3) is 0 Å². The lowest BCUT2D eigenvalue weighted by molar-refractivity contribution is -0.125. The van der Waals surface area contributed by atoms with Crippen molar-refractivity contribution in [2.45, 2.75) is 6.54 Å². The van der Waals surface area contributed by atoms with Crippen molar-refractivity contribution in [3.8, 4) is 0 Å². The summed E-state index contributed by atoms with van der Waals surface area (Å²) < 4.78 is 0. The number of aromatic nitrogens is 2. The lowest BCUT2D eigenvalue weighted by Crippen LogP contribution is -2.50. The van der Waals surface area contributed by atoms with E-state index in [4.69, 9.17) is 0 Å². The van der Waals surface area contributed by atoms with Crippen LogP contribution in [-0.2, 0) is 11.3 Å². The van der Waals surface area contributed by atoms with Crippen molar-refractivity contribution in [3.05, 3.63) is 48.3 Å². The molecule has 0 spiro atoms. The minimum Gasteiger partial charge on any atom is -0.337 e. The van der Waals surface area contributed by atoms with Crippen LogP contribution in [0.2, 0.25) is 0 Å². The first kappa shape index (κ1) is 18.7. The number of nitrogens with zero attached hydrogens (tertiary/aromatic N) is 5. The second kappa shape index (κ2) is 8.13. The monoisotopic (exact) mass is 395 g/mol. The number of hydrogen-bond acceptors (Lipinski definition) is 6. The van der Waals surface area contributed by atoms with Gasteiger partial charge in [-0.15, -0.1) is 0 Å². The van der Waals surface area contributed by atoms with Gasteiger partial charge in [-0.3, -0.25) is 9.69 Å². The SMILES string of the molecule is O=C(Nc1ccc(CN2C(=O)CNC2=O)cc1)N1CCN(c2ncccn2)CC1. The molecule has 0 saturated carbocycles. The Morgan fingerprint density at radius 3 is 2.34 bits per heavy atom. The zero-order valence-electron chi connectivity index (χ0n) is 15.7. The smallest absolute Gasteiger partial charge is 0.324 e. The molecule has 2 aromatic rings. The molecule has 29 heavy (non-hydrogen) atoms. The van der Waals surface area contributed by atoms with Crippen molar-refractivity contribution in [2.75, 3.05) is 42.9 Å². The third-order valence-corrected chi connectivity index (χ3v) is 4.88. The first-order chi connectivity index (χ1) is 14.1. The molecular weight excluding hydrogens is 374 g/mol. The number of benzene rings is 1. The highest BCUT2D eigenvalue weighted by atomic mass is 16.2. The fourth-order valence-electron chi connectivity index (χ4n) is 3.26. The Morgan fingerprint density at radius 2 is 1.72 bits per heavy atom. The molecule has 5 amide bonds. The summed E-state index contributed by atoms with van der Waals surface area (Å²) >= 11 is 0. The van der Waals surface area contributed by atoms with Crippen molar-refractivity contribution < 1.29 is 14.4 Å². The minimum atomic E-state index is -0.382. The van der Waals surface area contributed by atoms with Gasteiger partial charge in [0.15, 0.2) is 0 Å². The van der Waals surface area contributed by atoms with E-state index in [0.717, 1.165) is 5.56 Å². The molecule has 1 aromatic heterocycles. The van der Waals surface area contributed by atoms with Gasteiger partial charge in [0.05, 0.1) is 13.1 Å². The summed E-state index contributed by atoms with van der Waals surface area (Å²) in [4.78, 5) is 49.2. The third kappa shape index (κ3) is 4.26. The molecule has 2 N–H and O–H groups in total. The summed E-state index contributed by atoms with van der Waals surface area (Å²) in [5, 5.41) is 5.37. The number of rotatable bonds is 4. The maximum Gasteiger partial charge on any atom is 0.324 e. The first-order valence-electron chi connectivity index (χ1n) is 9.35. The average molecular weight is 395 g/mol. The average Bonchev–Trinajstić information content (AvgIpc) is 3.08. The third-order valence-electron chi connectivity index (χ3n) is 4.88. The van der Waals surface area contributed by atoms with E-state index in [0.29, 0.717) is 37.8 Å². The zero-order chi connectivity index (χ0) is 20.2. The van der Waals surface area contributed by atoms with Crippen LogP contribution in [0.1, 0.15) is 5.56 Å². The summed E-state index contributed by atoms with van der Waals surface area (Å²) in [5.74, 6) is 0.431. The Bertz CT molecular complexity index is 880. The van der Waals surface area contributed by atoms with Gasteiger partial charge in [-0.05, 0) is 23.8 Å². The highest BCUT2D eigenvalue weighted by Crippen LogP contribution is 2.15. The van der Waals surface area contributed by atoms with Gasteiger partial charge in [0, 0.05) is 44.3 Å². The van der Waals surface area contributed by atoms with Gasteiger partial charge in [0.2, 0.25) is 11.9 Å². The van der Waals surface area contributed by atoms with E-state index in [-0.39, 0.29) is 31.1 Å². The highest BCUT2D eigenvalue weighted by molar-refractivity contribution is 6.01. The summed E-state index contributed by atoms with van der Waals surface area (Å²) in [7, 11) is 0. The van der Waals surface area contributed by atoms with Crippen LogP contribution < -0.4 is 15.5 Å². The maximum atomic E-state index is 12.5. The number of carbonyl (C=O) groups is 3. The zero-order valence-corrected chi connectivity index (χ0v) is 15.7. The molecule has 2 aliphatic rings. The lowest BCUT2D eigenvalue weighted by atomic mass is 10.2. The number of urea groups is 2. The number of nitrogens with one attached hydrogen (secondary N) is 2. The number of amides is 5. The Hall–Kier alpha value is -3.69. The van der Waals surface area contributed by atoms with Crippen molar-refractivity contribution in [2.24, 2.45) is 0 Å². The molecule has 2 saturated heterocycles. The molecule has 10 heteroatoms.